The normalized spacial score (nSPS) is 16.6. The fourth-order valence-electron chi connectivity index (χ4n) is 3.23. The van der Waals surface area contributed by atoms with Crippen molar-refractivity contribution >= 4 is 17.0 Å². The summed E-state index contributed by atoms with van der Waals surface area (Å²) in [5.41, 5.74) is 1.20. The average molecular weight is 370 g/mol. The molecule has 1 fully saturated rings. The van der Waals surface area contributed by atoms with E-state index in [1.807, 2.05) is 29.6 Å². The summed E-state index contributed by atoms with van der Waals surface area (Å²) >= 11 is 1.61. The number of methoxy groups -OCH3 is 1. The molecule has 0 bridgehead atoms. The maximum Gasteiger partial charge on any atom is 0.257 e. The minimum absolute atomic E-state index is 0.115. The summed E-state index contributed by atoms with van der Waals surface area (Å²) in [6.45, 7) is 5.96. The van der Waals surface area contributed by atoms with Crippen LogP contribution < -0.4 is 9.64 Å². The number of benzene rings is 1. The van der Waals surface area contributed by atoms with Gasteiger partial charge < -0.3 is 14.1 Å². The Balaban J connectivity index is 1.39. The first-order valence-corrected chi connectivity index (χ1v) is 9.63. The van der Waals surface area contributed by atoms with Crippen LogP contribution in [-0.2, 0) is 0 Å². The number of ether oxygens (including phenoxy) is 1. The molecule has 0 amide bonds. The predicted molar refractivity (Wildman–Crippen MR) is 103 cm³/mol. The van der Waals surface area contributed by atoms with Crippen molar-refractivity contribution in [2.45, 2.75) is 13.0 Å². The Hall–Kier alpha value is -2.38. The van der Waals surface area contributed by atoms with E-state index >= 15 is 0 Å². The topological polar surface area (TPSA) is 54.6 Å². The second-order valence-corrected chi connectivity index (χ2v) is 7.27. The van der Waals surface area contributed by atoms with Crippen molar-refractivity contribution in [3.63, 3.8) is 0 Å². The van der Waals surface area contributed by atoms with Gasteiger partial charge in [0.1, 0.15) is 5.75 Å². The molecular formula is C19H22N4O2S. The first-order chi connectivity index (χ1) is 12.7. The summed E-state index contributed by atoms with van der Waals surface area (Å²) in [7, 11) is 1.70. The molecular weight excluding hydrogens is 348 g/mol. The molecule has 3 heterocycles. The molecule has 1 atom stereocenters. The zero-order valence-corrected chi connectivity index (χ0v) is 15.8. The number of anilines is 1. The van der Waals surface area contributed by atoms with Gasteiger partial charge in [0.2, 0.25) is 5.89 Å². The molecule has 3 aromatic rings. The molecule has 1 aliphatic heterocycles. The number of aromatic nitrogens is 2. The van der Waals surface area contributed by atoms with E-state index in [2.05, 4.69) is 39.1 Å². The largest absolute Gasteiger partial charge is 0.497 e. The highest BCUT2D eigenvalue weighted by Gasteiger charge is 2.26. The summed E-state index contributed by atoms with van der Waals surface area (Å²) in [5.74, 6) is 2.19. The van der Waals surface area contributed by atoms with Crippen molar-refractivity contribution in [1.82, 2.24) is 15.1 Å². The van der Waals surface area contributed by atoms with E-state index < -0.39 is 0 Å². The van der Waals surface area contributed by atoms with E-state index in [0.29, 0.717) is 11.8 Å². The number of hydrogen-bond acceptors (Lipinski definition) is 7. The molecule has 26 heavy (non-hydrogen) atoms. The molecule has 136 valence electrons. The highest BCUT2D eigenvalue weighted by atomic mass is 32.1. The first kappa shape index (κ1) is 17.1. The van der Waals surface area contributed by atoms with E-state index in [9.17, 15) is 0 Å². The van der Waals surface area contributed by atoms with Crippen molar-refractivity contribution in [3.8, 4) is 16.5 Å². The van der Waals surface area contributed by atoms with Crippen molar-refractivity contribution in [1.29, 1.82) is 0 Å². The van der Waals surface area contributed by atoms with E-state index in [4.69, 9.17) is 9.15 Å². The predicted octanol–water partition coefficient (Wildman–Crippen LogP) is 3.69. The maximum absolute atomic E-state index is 5.90. The third-order valence-corrected chi connectivity index (χ3v) is 5.67. The van der Waals surface area contributed by atoms with Gasteiger partial charge in [-0.15, -0.1) is 21.5 Å². The Bertz CT molecular complexity index is 841. The maximum atomic E-state index is 5.90. The lowest BCUT2D eigenvalue weighted by atomic mass is 10.2. The van der Waals surface area contributed by atoms with Gasteiger partial charge in [0.15, 0.2) is 0 Å². The van der Waals surface area contributed by atoms with E-state index in [1.165, 1.54) is 5.69 Å². The Kier molecular flexibility index (Phi) is 4.90. The molecule has 1 saturated heterocycles. The highest BCUT2D eigenvalue weighted by Crippen LogP contribution is 2.28. The molecule has 1 aromatic carbocycles. The summed E-state index contributed by atoms with van der Waals surface area (Å²) in [6, 6.07) is 12.3. The average Bonchev–Trinajstić information content (AvgIpc) is 3.39. The van der Waals surface area contributed by atoms with Gasteiger partial charge in [-0.3, -0.25) is 4.90 Å². The lowest BCUT2D eigenvalue weighted by molar-refractivity contribution is 0.174. The number of piperazine rings is 1. The molecule has 0 unspecified atom stereocenters. The quantitative estimate of drug-likeness (QED) is 0.683. The van der Waals surface area contributed by atoms with Crippen LogP contribution in [0.1, 0.15) is 18.9 Å². The summed E-state index contributed by atoms with van der Waals surface area (Å²) < 4.78 is 11.2. The van der Waals surface area contributed by atoms with Crippen LogP contribution >= 0.6 is 11.3 Å². The van der Waals surface area contributed by atoms with Crippen molar-refractivity contribution < 1.29 is 9.15 Å². The van der Waals surface area contributed by atoms with Crippen LogP contribution in [0, 0.1) is 0 Å². The van der Waals surface area contributed by atoms with Crippen LogP contribution in [-0.4, -0.2) is 48.4 Å². The van der Waals surface area contributed by atoms with E-state index in [1.54, 1.807) is 18.4 Å². The molecule has 0 aliphatic carbocycles. The lowest BCUT2D eigenvalue weighted by Crippen LogP contribution is -2.47. The molecule has 0 radical (unpaired) electrons. The lowest BCUT2D eigenvalue weighted by Gasteiger charge is -2.38. The fraction of sp³-hybridized carbons (Fsp3) is 0.368. The van der Waals surface area contributed by atoms with Crippen LogP contribution in [0.25, 0.3) is 10.8 Å². The summed E-state index contributed by atoms with van der Waals surface area (Å²) in [4.78, 5) is 5.79. The molecule has 0 N–H and O–H groups in total. The van der Waals surface area contributed by atoms with Gasteiger partial charge in [-0.1, -0.05) is 12.1 Å². The van der Waals surface area contributed by atoms with Gasteiger partial charge in [0.25, 0.3) is 5.89 Å². The first-order valence-electron chi connectivity index (χ1n) is 8.75. The van der Waals surface area contributed by atoms with Gasteiger partial charge in [-0.05, 0) is 30.5 Å². The van der Waals surface area contributed by atoms with Crippen LogP contribution in [0.3, 0.4) is 0 Å². The number of hydrogen-bond donors (Lipinski definition) is 0. The Morgan fingerprint density at radius 2 is 1.96 bits per heavy atom. The van der Waals surface area contributed by atoms with Gasteiger partial charge >= 0.3 is 0 Å². The monoisotopic (exact) mass is 370 g/mol. The van der Waals surface area contributed by atoms with E-state index in [-0.39, 0.29) is 6.04 Å². The van der Waals surface area contributed by atoms with Crippen LogP contribution in [0.4, 0.5) is 5.69 Å². The summed E-state index contributed by atoms with van der Waals surface area (Å²) in [6.07, 6.45) is 0. The standard InChI is InChI=1S/C19H22N4O2S/c1-14(18-20-21-19(25-18)17-7-4-12-26-17)22-8-10-23(11-9-22)15-5-3-6-16(13-15)24-2/h3-7,12-14H,8-11H2,1-2H3/t14-/m0/s1. The summed E-state index contributed by atoms with van der Waals surface area (Å²) in [5, 5.41) is 10.5. The minimum atomic E-state index is 0.115. The van der Waals surface area contributed by atoms with Gasteiger partial charge in [0, 0.05) is 37.9 Å². The zero-order valence-electron chi connectivity index (χ0n) is 15.0. The smallest absolute Gasteiger partial charge is 0.257 e. The SMILES string of the molecule is COc1cccc(N2CCN([C@@H](C)c3nnc(-c4cccs4)o3)CC2)c1. The highest BCUT2D eigenvalue weighted by molar-refractivity contribution is 7.13. The molecule has 6 nitrogen and oxygen atoms in total. The van der Waals surface area contributed by atoms with Crippen LogP contribution in [0.2, 0.25) is 0 Å². The number of rotatable bonds is 5. The number of nitrogens with zero attached hydrogens (tertiary/aromatic N) is 4. The van der Waals surface area contributed by atoms with Crippen molar-refractivity contribution in [2.75, 3.05) is 38.2 Å². The van der Waals surface area contributed by atoms with Gasteiger partial charge in [-0.25, -0.2) is 0 Å². The molecule has 4 rings (SSSR count). The minimum Gasteiger partial charge on any atom is -0.497 e. The Morgan fingerprint density at radius 1 is 1.12 bits per heavy atom. The number of thiophene rings is 1. The molecule has 1 aliphatic rings. The third-order valence-electron chi connectivity index (χ3n) is 4.81. The van der Waals surface area contributed by atoms with Crippen molar-refractivity contribution in [3.05, 3.63) is 47.7 Å². The Labute approximate surface area is 157 Å². The molecule has 0 spiro atoms. The zero-order chi connectivity index (χ0) is 17.9. The second kappa shape index (κ2) is 7.47. The van der Waals surface area contributed by atoms with Crippen molar-refractivity contribution in [2.24, 2.45) is 0 Å². The third kappa shape index (κ3) is 3.45. The Morgan fingerprint density at radius 3 is 2.69 bits per heavy atom. The van der Waals surface area contributed by atoms with Gasteiger partial charge in [0.05, 0.1) is 18.0 Å². The van der Waals surface area contributed by atoms with E-state index in [0.717, 1.165) is 36.8 Å². The molecule has 0 saturated carbocycles. The fourth-order valence-corrected chi connectivity index (χ4v) is 3.88. The molecule has 7 heteroatoms. The van der Waals surface area contributed by atoms with Crippen LogP contribution in [0.5, 0.6) is 5.75 Å². The molecule has 2 aromatic heterocycles. The second-order valence-electron chi connectivity index (χ2n) is 6.32. The van der Waals surface area contributed by atoms with Crippen LogP contribution in [0.15, 0.2) is 46.2 Å². The van der Waals surface area contributed by atoms with Gasteiger partial charge in [-0.2, -0.15) is 0 Å².